The van der Waals surface area contributed by atoms with Gasteiger partial charge in [-0.1, -0.05) is 6.92 Å². The normalized spacial score (nSPS) is 21.1. The third kappa shape index (κ3) is 2.90. The van der Waals surface area contributed by atoms with Gasteiger partial charge in [0.25, 0.3) is 0 Å². The summed E-state index contributed by atoms with van der Waals surface area (Å²) in [4.78, 5) is 12.1. The number of nitrogens with one attached hydrogen (secondary N) is 1. The maximum Gasteiger partial charge on any atom is 0.463 e. The van der Waals surface area contributed by atoms with E-state index in [2.05, 4.69) is 5.32 Å². The van der Waals surface area contributed by atoms with E-state index in [-0.39, 0.29) is 13.1 Å². The summed E-state index contributed by atoms with van der Waals surface area (Å²) in [5.41, 5.74) is 0. The lowest BCUT2D eigenvalue weighted by Crippen LogP contribution is -2.55. The van der Waals surface area contributed by atoms with Gasteiger partial charge in [-0.15, -0.1) is 0 Å². The van der Waals surface area contributed by atoms with Gasteiger partial charge < -0.3 is 10.2 Å². The molecule has 1 fully saturated rings. The molecular weight excluding hydrogens is 259 g/mol. The number of carbonyl (C=O) groups excluding carboxylic acids is 1. The summed E-state index contributed by atoms with van der Waals surface area (Å²) in [7, 11) is 0. The molecule has 0 radical (unpaired) electrons. The van der Waals surface area contributed by atoms with Crippen molar-refractivity contribution in [1.29, 1.82) is 0 Å². The number of carbonyl (C=O) groups is 1. The highest BCUT2D eigenvalue weighted by Gasteiger charge is 2.65. The summed E-state index contributed by atoms with van der Waals surface area (Å²) in [5.74, 6) is -7.46. The van der Waals surface area contributed by atoms with Crippen LogP contribution < -0.4 is 5.32 Å². The van der Waals surface area contributed by atoms with Crippen LogP contribution in [0.4, 0.5) is 22.0 Å². The SMILES string of the molecule is CCCN(C(=O)C(F)(F)C(F)(F)F)C1CCNC1. The van der Waals surface area contributed by atoms with Gasteiger partial charge in [0.05, 0.1) is 0 Å². The van der Waals surface area contributed by atoms with Gasteiger partial charge in [0.1, 0.15) is 0 Å². The quantitative estimate of drug-likeness (QED) is 0.793. The van der Waals surface area contributed by atoms with E-state index in [0.717, 1.165) is 0 Å². The standard InChI is InChI=1S/C10H15F5N2O/c1-2-5-17(7-3-4-16-6-7)8(18)9(11,12)10(13,14)15/h7,16H,2-6H2,1H3. The molecule has 0 saturated carbocycles. The zero-order valence-corrected chi connectivity index (χ0v) is 9.86. The Morgan fingerprint density at radius 2 is 1.94 bits per heavy atom. The molecule has 1 saturated heterocycles. The summed E-state index contributed by atoms with van der Waals surface area (Å²) in [5, 5.41) is 2.84. The van der Waals surface area contributed by atoms with Crippen LogP contribution in [0.3, 0.4) is 0 Å². The first-order chi connectivity index (χ1) is 8.21. The number of hydrogen-bond donors (Lipinski definition) is 1. The number of rotatable bonds is 4. The Balaban J connectivity index is 2.88. The largest absolute Gasteiger partial charge is 0.463 e. The monoisotopic (exact) mass is 274 g/mol. The van der Waals surface area contributed by atoms with Crippen LogP contribution in [0.2, 0.25) is 0 Å². The summed E-state index contributed by atoms with van der Waals surface area (Å²) in [6.07, 6.45) is -5.13. The van der Waals surface area contributed by atoms with E-state index >= 15 is 0 Å². The maximum atomic E-state index is 13.0. The van der Waals surface area contributed by atoms with Crippen molar-refractivity contribution in [2.45, 2.75) is 37.9 Å². The van der Waals surface area contributed by atoms with Gasteiger partial charge in [-0.2, -0.15) is 22.0 Å². The van der Waals surface area contributed by atoms with E-state index in [9.17, 15) is 26.7 Å². The molecule has 8 heteroatoms. The first-order valence-corrected chi connectivity index (χ1v) is 5.68. The molecule has 1 aliphatic rings. The van der Waals surface area contributed by atoms with Crippen molar-refractivity contribution in [2.75, 3.05) is 19.6 Å². The average molecular weight is 274 g/mol. The van der Waals surface area contributed by atoms with Crippen molar-refractivity contribution >= 4 is 5.91 Å². The first-order valence-electron chi connectivity index (χ1n) is 5.68. The summed E-state index contributed by atoms with van der Waals surface area (Å²) < 4.78 is 62.5. The molecule has 106 valence electrons. The van der Waals surface area contributed by atoms with E-state index < -0.39 is 24.0 Å². The van der Waals surface area contributed by atoms with Crippen molar-refractivity contribution in [1.82, 2.24) is 10.2 Å². The van der Waals surface area contributed by atoms with Crippen molar-refractivity contribution in [2.24, 2.45) is 0 Å². The second kappa shape index (κ2) is 5.38. The number of halogens is 5. The van der Waals surface area contributed by atoms with Crippen molar-refractivity contribution in [3.63, 3.8) is 0 Å². The van der Waals surface area contributed by atoms with Crippen LogP contribution in [-0.4, -0.2) is 48.6 Å². The van der Waals surface area contributed by atoms with Crippen LogP contribution in [0, 0.1) is 0 Å². The van der Waals surface area contributed by atoms with Gasteiger partial charge in [0, 0.05) is 19.1 Å². The summed E-state index contributed by atoms with van der Waals surface area (Å²) in [6, 6.07) is -0.592. The second-order valence-corrected chi connectivity index (χ2v) is 4.22. The average Bonchev–Trinajstić information content (AvgIpc) is 2.76. The van der Waals surface area contributed by atoms with E-state index in [0.29, 0.717) is 24.3 Å². The Hall–Kier alpha value is -0.920. The van der Waals surface area contributed by atoms with Gasteiger partial charge in [-0.05, 0) is 19.4 Å². The molecule has 1 heterocycles. The first kappa shape index (κ1) is 15.1. The van der Waals surface area contributed by atoms with E-state index in [4.69, 9.17) is 0 Å². The molecule has 1 N–H and O–H groups in total. The molecule has 3 nitrogen and oxygen atoms in total. The zero-order chi connectivity index (χ0) is 14.0. The molecule has 1 aliphatic heterocycles. The second-order valence-electron chi connectivity index (χ2n) is 4.22. The zero-order valence-electron chi connectivity index (χ0n) is 9.86. The minimum Gasteiger partial charge on any atom is -0.333 e. The van der Waals surface area contributed by atoms with E-state index in [1.807, 2.05) is 0 Å². The summed E-state index contributed by atoms with van der Waals surface area (Å²) >= 11 is 0. The molecular formula is C10H15F5N2O. The molecule has 0 aromatic rings. The molecule has 18 heavy (non-hydrogen) atoms. The predicted molar refractivity (Wildman–Crippen MR) is 54.3 cm³/mol. The summed E-state index contributed by atoms with van der Waals surface area (Å²) in [6.45, 7) is 2.28. The Morgan fingerprint density at radius 1 is 1.33 bits per heavy atom. The number of amides is 1. The molecule has 0 bridgehead atoms. The van der Waals surface area contributed by atoms with E-state index in [1.54, 1.807) is 6.92 Å². The molecule has 0 spiro atoms. The lowest BCUT2D eigenvalue weighted by atomic mass is 10.1. The number of hydrogen-bond acceptors (Lipinski definition) is 2. The Bertz CT molecular complexity index is 299. The third-order valence-corrected chi connectivity index (χ3v) is 2.83. The third-order valence-electron chi connectivity index (χ3n) is 2.83. The lowest BCUT2D eigenvalue weighted by Gasteiger charge is -2.32. The maximum absolute atomic E-state index is 13.0. The number of nitrogens with zero attached hydrogens (tertiary/aromatic N) is 1. The smallest absolute Gasteiger partial charge is 0.333 e. The number of alkyl halides is 5. The van der Waals surface area contributed by atoms with Crippen LogP contribution in [-0.2, 0) is 4.79 Å². The molecule has 1 atom stereocenters. The minimum absolute atomic E-state index is 0.100. The highest BCUT2D eigenvalue weighted by Crippen LogP contribution is 2.37. The highest BCUT2D eigenvalue weighted by molar-refractivity contribution is 5.84. The van der Waals surface area contributed by atoms with Gasteiger partial charge in [-0.25, -0.2) is 0 Å². The Labute approximate surface area is 101 Å². The predicted octanol–water partition coefficient (Wildman–Crippen LogP) is 1.78. The molecule has 0 aromatic heterocycles. The molecule has 1 rings (SSSR count). The highest BCUT2D eigenvalue weighted by atomic mass is 19.4. The van der Waals surface area contributed by atoms with Gasteiger partial charge >= 0.3 is 18.0 Å². The van der Waals surface area contributed by atoms with Crippen LogP contribution >= 0.6 is 0 Å². The van der Waals surface area contributed by atoms with E-state index in [1.165, 1.54) is 0 Å². The fraction of sp³-hybridized carbons (Fsp3) is 0.900. The van der Waals surface area contributed by atoms with Crippen LogP contribution in [0.1, 0.15) is 19.8 Å². The Morgan fingerprint density at radius 3 is 2.33 bits per heavy atom. The topological polar surface area (TPSA) is 32.3 Å². The van der Waals surface area contributed by atoms with Crippen LogP contribution in [0.25, 0.3) is 0 Å². The van der Waals surface area contributed by atoms with Gasteiger partial charge in [-0.3, -0.25) is 4.79 Å². The lowest BCUT2D eigenvalue weighted by molar-refractivity contribution is -0.275. The van der Waals surface area contributed by atoms with Gasteiger partial charge in [0.15, 0.2) is 0 Å². The molecule has 0 aliphatic carbocycles. The van der Waals surface area contributed by atoms with Crippen molar-refractivity contribution in [3.05, 3.63) is 0 Å². The van der Waals surface area contributed by atoms with Crippen molar-refractivity contribution in [3.8, 4) is 0 Å². The fourth-order valence-corrected chi connectivity index (χ4v) is 1.90. The van der Waals surface area contributed by atoms with Gasteiger partial charge in [0.2, 0.25) is 0 Å². The van der Waals surface area contributed by atoms with Crippen molar-refractivity contribution < 1.29 is 26.7 Å². The molecule has 1 amide bonds. The molecule has 1 unspecified atom stereocenters. The fourth-order valence-electron chi connectivity index (χ4n) is 1.90. The Kier molecular flexibility index (Phi) is 4.52. The van der Waals surface area contributed by atoms with Crippen LogP contribution in [0.5, 0.6) is 0 Å². The minimum atomic E-state index is -5.85. The van der Waals surface area contributed by atoms with Crippen LogP contribution in [0.15, 0.2) is 0 Å². The molecule has 0 aromatic carbocycles.